The zero-order valence-corrected chi connectivity index (χ0v) is 12.3. The first kappa shape index (κ1) is 14.5. The Morgan fingerprint density at radius 1 is 1.30 bits per heavy atom. The summed E-state index contributed by atoms with van der Waals surface area (Å²) in [6, 6.07) is 1.90. The van der Waals surface area contributed by atoms with Crippen molar-refractivity contribution in [3.05, 3.63) is 29.8 Å². The van der Waals surface area contributed by atoms with E-state index in [0.29, 0.717) is 19.0 Å². The lowest BCUT2D eigenvalue weighted by molar-refractivity contribution is 0.128. The molecule has 6 nitrogen and oxygen atoms in total. The van der Waals surface area contributed by atoms with E-state index in [1.165, 1.54) is 0 Å². The molecule has 0 saturated heterocycles. The topological polar surface area (TPSA) is 64.9 Å². The van der Waals surface area contributed by atoms with Crippen LogP contribution in [-0.2, 0) is 11.3 Å². The Hall–Kier alpha value is -1.95. The van der Waals surface area contributed by atoms with E-state index in [4.69, 9.17) is 4.74 Å². The molecule has 2 rings (SSSR count). The third-order valence-corrected chi connectivity index (χ3v) is 2.70. The maximum atomic E-state index is 5.39. The van der Waals surface area contributed by atoms with Crippen molar-refractivity contribution in [2.45, 2.75) is 33.8 Å². The molecule has 0 fully saturated rings. The third-order valence-electron chi connectivity index (χ3n) is 2.70. The second-order valence-corrected chi connectivity index (χ2v) is 4.55. The number of rotatable bonds is 7. The van der Waals surface area contributed by atoms with Crippen LogP contribution in [0.25, 0.3) is 5.82 Å². The average molecular weight is 275 g/mol. The van der Waals surface area contributed by atoms with Gasteiger partial charge in [0, 0.05) is 25.4 Å². The smallest absolute Gasteiger partial charge is 0.159 e. The lowest BCUT2D eigenvalue weighted by Gasteiger charge is -2.09. The van der Waals surface area contributed by atoms with E-state index in [-0.39, 0.29) is 0 Å². The molecule has 1 N–H and O–H groups in total. The molecule has 0 spiro atoms. The summed E-state index contributed by atoms with van der Waals surface area (Å²) in [4.78, 5) is 8.94. The van der Waals surface area contributed by atoms with Gasteiger partial charge in [-0.25, -0.2) is 14.6 Å². The fraction of sp³-hybridized carbons (Fsp3) is 0.500. The van der Waals surface area contributed by atoms with Gasteiger partial charge in [0.15, 0.2) is 11.6 Å². The normalized spacial score (nSPS) is 10.8. The summed E-state index contributed by atoms with van der Waals surface area (Å²) in [5.74, 6) is 2.22. The molecule has 0 aliphatic carbocycles. The fourth-order valence-corrected chi connectivity index (χ4v) is 1.74. The molecule has 2 heterocycles. The van der Waals surface area contributed by atoms with Crippen molar-refractivity contribution in [1.82, 2.24) is 19.7 Å². The first-order valence-electron chi connectivity index (χ1n) is 6.94. The van der Waals surface area contributed by atoms with Crippen LogP contribution in [0.3, 0.4) is 0 Å². The van der Waals surface area contributed by atoms with Crippen LogP contribution >= 0.6 is 0 Å². The van der Waals surface area contributed by atoms with E-state index in [9.17, 15) is 0 Å². The molecule has 0 aliphatic heterocycles. The molecule has 108 valence electrons. The maximum Gasteiger partial charge on any atom is 0.159 e. The van der Waals surface area contributed by atoms with Crippen molar-refractivity contribution in [2.24, 2.45) is 0 Å². The van der Waals surface area contributed by atoms with Crippen LogP contribution in [0.5, 0.6) is 0 Å². The van der Waals surface area contributed by atoms with Crippen molar-refractivity contribution in [3.63, 3.8) is 0 Å². The summed E-state index contributed by atoms with van der Waals surface area (Å²) in [7, 11) is 0. The Kier molecular flexibility index (Phi) is 5.06. The van der Waals surface area contributed by atoms with Gasteiger partial charge in [-0.15, -0.1) is 0 Å². The van der Waals surface area contributed by atoms with Gasteiger partial charge < -0.3 is 10.1 Å². The average Bonchev–Trinajstić information content (AvgIpc) is 2.89. The Morgan fingerprint density at radius 3 is 2.80 bits per heavy atom. The van der Waals surface area contributed by atoms with Crippen LogP contribution in [0.1, 0.15) is 31.7 Å². The number of anilines is 1. The molecule has 0 aliphatic rings. The predicted octanol–water partition coefficient (Wildman–Crippen LogP) is 2.33. The number of nitrogens with one attached hydrogen (secondary N) is 1. The molecule has 20 heavy (non-hydrogen) atoms. The van der Waals surface area contributed by atoms with Gasteiger partial charge in [-0.2, -0.15) is 5.10 Å². The zero-order valence-electron chi connectivity index (χ0n) is 12.3. The number of hydrogen-bond acceptors (Lipinski definition) is 5. The van der Waals surface area contributed by atoms with Crippen molar-refractivity contribution in [1.29, 1.82) is 0 Å². The van der Waals surface area contributed by atoms with E-state index < -0.39 is 0 Å². The van der Waals surface area contributed by atoms with Crippen LogP contribution in [-0.4, -0.2) is 32.9 Å². The summed E-state index contributed by atoms with van der Waals surface area (Å²) in [6.07, 6.45) is 4.79. The summed E-state index contributed by atoms with van der Waals surface area (Å²) in [5.41, 5.74) is 1.10. The minimum atomic E-state index is 0.408. The Morgan fingerprint density at radius 2 is 2.15 bits per heavy atom. The van der Waals surface area contributed by atoms with Gasteiger partial charge in [-0.05, 0) is 25.8 Å². The Labute approximate surface area is 119 Å². The number of ether oxygens (including phenoxy) is 1. The number of aryl methyl sites for hydroxylation is 1. The highest BCUT2D eigenvalue weighted by Crippen LogP contribution is 2.12. The van der Waals surface area contributed by atoms with Crippen molar-refractivity contribution in [3.8, 4) is 5.82 Å². The number of nitrogens with zero attached hydrogens (tertiary/aromatic N) is 4. The quantitative estimate of drug-likeness (QED) is 0.840. The van der Waals surface area contributed by atoms with Crippen molar-refractivity contribution < 1.29 is 4.74 Å². The molecule has 2 aromatic heterocycles. The molecule has 0 atom stereocenters. The predicted molar refractivity (Wildman–Crippen MR) is 78.0 cm³/mol. The monoisotopic (exact) mass is 275 g/mol. The molecule has 0 bridgehead atoms. The van der Waals surface area contributed by atoms with Crippen LogP contribution in [0, 0.1) is 6.92 Å². The van der Waals surface area contributed by atoms with Gasteiger partial charge in [0.1, 0.15) is 12.4 Å². The summed E-state index contributed by atoms with van der Waals surface area (Å²) in [5, 5.41) is 7.57. The van der Waals surface area contributed by atoms with Crippen molar-refractivity contribution >= 4 is 5.82 Å². The summed E-state index contributed by atoms with van der Waals surface area (Å²) in [6.45, 7) is 8.01. The van der Waals surface area contributed by atoms with Crippen LogP contribution in [0.4, 0.5) is 5.82 Å². The molecule has 6 heteroatoms. The first-order chi connectivity index (χ1) is 9.72. The highest BCUT2D eigenvalue weighted by Gasteiger charge is 2.07. The van der Waals surface area contributed by atoms with Crippen LogP contribution in [0.15, 0.2) is 18.5 Å². The zero-order chi connectivity index (χ0) is 14.4. The molecule has 0 radical (unpaired) electrons. The Balaban J connectivity index is 2.29. The fourth-order valence-electron chi connectivity index (χ4n) is 1.74. The molecular weight excluding hydrogens is 254 g/mol. The summed E-state index contributed by atoms with van der Waals surface area (Å²) < 4.78 is 7.15. The Bertz CT molecular complexity index is 526. The third kappa shape index (κ3) is 3.77. The van der Waals surface area contributed by atoms with Gasteiger partial charge in [-0.3, -0.25) is 0 Å². The highest BCUT2D eigenvalue weighted by atomic mass is 16.5. The molecule has 0 saturated carbocycles. The van der Waals surface area contributed by atoms with Gasteiger partial charge in [-0.1, -0.05) is 6.92 Å². The second kappa shape index (κ2) is 7.00. The standard InChI is InChI=1S/C14H21N5O/c1-4-6-15-12-7-14(19-9-11(3)8-16-19)18-13(17-12)10-20-5-2/h7-9H,4-6,10H2,1-3H3,(H,15,17,18). The van der Waals surface area contributed by atoms with Gasteiger partial charge in [0.05, 0.1) is 6.20 Å². The SMILES string of the molecule is CCCNc1cc(-n2cc(C)cn2)nc(COCC)n1. The molecule has 0 amide bonds. The molecular formula is C14H21N5O. The van der Waals surface area contributed by atoms with Gasteiger partial charge in [0.25, 0.3) is 0 Å². The van der Waals surface area contributed by atoms with E-state index in [1.54, 1.807) is 4.68 Å². The first-order valence-corrected chi connectivity index (χ1v) is 6.94. The number of aromatic nitrogens is 4. The van der Waals surface area contributed by atoms with Gasteiger partial charge in [0.2, 0.25) is 0 Å². The minimum absolute atomic E-state index is 0.408. The van der Waals surface area contributed by atoms with E-state index in [1.807, 2.05) is 32.3 Å². The largest absolute Gasteiger partial charge is 0.374 e. The van der Waals surface area contributed by atoms with Crippen molar-refractivity contribution in [2.75, 3.05) is 18.5 Å². The molecule has 0 aromatic carbocycles. The maximum absolute atomic E-state index is 5.39. The van der Waals surface area contributed by atoms with E-state index in [2.05, 4.69) is 27.3 Å². The van der Waals surface area contributed by atoms with Crippen LogP contribution < -0.4 is 5.32 Å². The van der Waals surface area contributed by atoms with Crippen LogP contribution in [0.2, 0.25) is 0 Å². The summed E-state index contributed by atoms with van der Waals surface area (Å²) >= 11 is 0. The lowest BCUT2D eigenvalue weighted by atomic mass is 10.4. The van der Waals surface area contributed by atoms with E-state index in [0.717, 1.165) is 30.2 Å². The minimum Gasteiger partial charge on any atom is -0.374 e. The van der Waals surface area contributed by atoms with E-state index >= 15 is 0 Å². The molecule has 0 unspecified atom stereocenters. The molecule has 2 aromatic rings. The highest BCUT2D eigenvalue weighted by molar-refractivity contribution is 5.41. The second-order valence-electron chi connectivity index (χ2n) is 4.55. The number of hydrogen-bond donors (Lipinski definition) is 1. The lowest BCUT2D eigenvalue weighted by Crippen LogP contribution is -2.10. The van der Waals surface area contributed by atoms with Gasteiger partial charge >= 0.3 is 0 Å².